The molecule has 2 rings (SSSR count). The van der Waals surface area contributed by atoms with Crippen molar-refractivity contribution in [2.75, 3.05) is 46.0 Å². The molecular weight excluding hydrogens is 248 g/mol. The van der Waals surface area contributed by atoms with Gasteiger partial charge in [0.25, 0.3) is 0 Å². The van der Waals surface area contributed by atoms with Crippen LogP contribution in [0.2, 0.25) is 0 Å². The van der Waals surface area contributed by atoms with E-state index in [9.17, 15) is 0 Å². The Balaban J connectivity index is 1.99. The van der Waals surface area contributed by atoms with E-state index in [-0.39, 0.29) is 0 Å². The summed E-state index contributed by atoms with van der Waals surface area (Å²) in [5.74, 6) is 0. The van der Waals surface area contributed by atoms with Gasteiger partial charge in [-0.3, -0.25) is 0 Å². The fourth-order valence-electron chi connectivity index (χ4n) is 2.46. The van der Waals surface area contributed by atoms with Crippen LogP contribution in [0.5, 0.6) is 0 Å². The van der Waals surface area contributed by atoms with Crippen molar-refractivity contribution in [2.45, 2.75) is 13.5 Å². The van der Waals surface area contributed by atoms with Crippen LogP contribution < -0.4 is 5.73 Å². The number of anilines is 1. The SMILES string of the molecule is CCN(CCN(C)C)CCn1ccc2c(N)cccc21. The number of hydrogen-bond acceptors (Lipinski definition) is 3. The van der Waals surface area contributed by atoms with Gasteiger partial charge in [-0.05, 0) is 38.8 Å². The van der Waals surface area contributed by atoms with Gasteiger partial charge in [0.05, 0.1) is 5.52 Å². The van der Waals surface area contributed by atoms with E-state index in [1.807, 2.05) is 12.1 Å². The molecule has 2 N–H and O–H groups in total. The maximum atomic E-state index is 6.00. The second-order valence-electron chi connectivity index (χ2n) is 5.53. The van der Waals surface area contributed by atoms with Crippen molar-refractivity contribution in [3.63, 3.8) is 0 Å². The molecule has 1 aromatic carbocycles. The Morgan fingerprint density at radius 1 is 1.10 bits per heavy atom. The molecule has 4 nitrogen and oxygen atoms in total. The topological polar surface area (TPSA) is 37.4 Å². The van der Waals surface area contributed by atoms with E-state index in [0.717, 1.165) is 43.8 Å². The summed E-state index contributed by atoms with van der Waals surface area (Å²) in [5.41, 5.74) is 8.10. The molecule has 0 atom stereocenters. The van der Waals surface area contributed by atoms with Gasteiger partial charge in [0.2, 0.25) is 0 Å². The lowest BCUT2D eigenvalue weighted by Crippen LogP contribution is -2.33. The van der Waals surface area contributed by atoms with Crippen LogP contribution in [-0.2, 0) is 6.54 Å². The van der Waals surface area contributed by atoms with Gasteiger partial charge in [-0.25, -0.2) is 0 Å². The van der Waals surface area contributed by atoms with E-state index in [0.29, 0.717) is 0 Å². The predicted molar refractivity (Wildman–Crippen MR) is 87.0 cm³/mol. The van der Waals surface area contributed by atoms with Crippen molar-refractivity contribution in [3.05, 3.63) is 30.5 Å². The van der Waals surface area contributed by atoms with Gasteiger partial charge in [0, 0.05) is 43.4 Å². The fourth-order valence-corrected chi connectivity index (χ4v) is 2.46. The first kappa shape index (κ1) is 14.9. The van der Waals surface area contributed by atoms with Crippen LogP contribution >= 0.6 is 0 Å². The smallest absolute Gasteiger partial charge is 0.0501 e. The molecule has 0 unspecified atom stereocenters. The molecule has 0 bridgehead atoms. The number of benzene rings is 1. The van der Waals surface area contributed by atoms with Crippen molar-refractivity contribution in [1.82, 2.24) is 14.4 Å². The lowest BCUT2D eigenvalue weighted by atomic mass is 10.2. The first-order chi connectivity index (χ1) is 9.61. The predicted octanol–water partition coefficient (Wildman–Crippen LogP) is 2.11. The summed E-state index contributed by atoms with van der Waals surface area (Å²) >= 11 is 0. The van der Waals surface area contributed by atoms with E-state index < -0.39 is 0 Å². The third-order valence-corrected chi connectivity index (χ3v) is 3.82. The van der Waals surface area contributed by atoms with Crippen LogP contribution in [0.3, 0.4) is 0 Å². The van der Waals surface area contributed by atoms with Crippen LogP contribution in [0.25, 0.3) is 10.9 Å². The van der Waals surface area contributed by atoms with Crippen LogP contribution in [0.15, 0.2) is 30.5 Å². The molecule has 0 aliphatic heterocycles. The Morgan fingerprint density at radius 2 is 1.90 bits per heavy atom. The largest absolute Gasteiger partial charge is 0.398 e. The van der Waals surface area contributed by atoms with E-state index in [1.165, 1.54) is 5.52 Å². The molecule has 0 amide bonds. The zero-order valence-corrected chi connectivity index (χ0v) is 12.8. The summed E-state index contributed by atoms with van der Waals surface area (Å²) in [7, 11) is 4.24. The summed E-state index contributed by atoms with van der Waals surface area (Å²) in [5, 5.41) is 1.16. The molecule has 0 saturated carbocycles. The summed E-state index contributed by atoms with van der Waals surface area (Å²) in [4.78, 5) is 4.71. The zero-order valence-electron chi connectivity index (χ0n) is 12.8. The van der Waals surface area contributed by atoms with E-state index in [1.54, 1.807) is 0 Å². The van der Waals surface area contributed by atoms with Gasteiger partial charge in [-0.1, -0.05) is 13.0 Å². The minimum atomic E-state index is 0.862. The number of nitrogens with zero attached hydrogens (tertiary/aromatic N) is 3. The van der Waals surface area contributed by atoms with Crippen molar-refractivity contribution < 1.29 is 0 Å². The number of nitrogen functional groups attached to an aromatic ring is 1. The average Bonchev–Trinajstić information content (AvgIpc) is 2.83. The van der Waals surface area contributed by atoms with Crippen molar-refractivity contribution in [1.29, 1.82) is 0 Å². The van der Waals surface area contributed by atoms with Crippen molar-refractivity contribution in [2.24, 2.45) is 0 Å². The standard InChI is InChI=1S/C16H26N4/c1-4-19(11-10-18(2)3)12-13-20-9-8-14-15(17)6-5-7-16(14)20/h5-9H,4,10-13,17H2,1-3H3. The highest BCUT2D eigenvalue weighted by Crippen LogP contribution is 2.21. The van der Waals surface area contributed by atoms with Gasteiger partial charge >= 0.3 is 0 Å². The molecule has 0 aliphatic carbocycles. The maximum absolute atomic E-state index is 6.00. The Bertz CT molecular complexity index is 544. The first-order valence-corrected chi connectivity index (χ1v) is 7.32. The zero-order chi connectivity index (χ0) is 14.5. The van der Waals surface area contributed by atoms with Crippen LogP contribution in [0, 0.1) is 0 Å². The molecule has 110 valence electrons. The Kier molecular flexibility index (Phi) is 5.04. The second kappa shape index (κ2) is 6.77. The lowest BCUT2D eigenvalue weighted by molar-refractivity contribution is 0.244. The molecule has 1 aromatic heterocycles. The number of aromatic nitrogens is 1. The Morgan fingerprint density at radius 3 is 2.60 bits per heavy atom. The molecule has 4 heteroatoms. The molecule has 0 fully saturated rings. The number of rotatable bonds is 7. The first-order valence-electron chi connectivity index (χ1n) is 7.32. The van der Waals surface area contributed by atoms with Crippen LogP contribution in [0.4, 0.5) is 5.69 Å². The van der Waals surface area contributed by atoms with Gasteiger partial charge in [-0.2, -0.15) is 0 Å². The van der Waals surface area contributed by atoms with Gasteiger partial charge in [0.1, 0.15) is 0 Å². The van der Waals surface area contributed by atoms with Gasteiger partial charge in [0.15, 0.2) is 0 Å². The van der Waals surface area contributed by atoms with Crippen LogP contribution in [0.1, 0.15) is 6.92 Å². The van der Waals surface area contributed by atoms with E-state index >= 15 is 0 Å². The van der Waals surface area contributed by atoms with Crippen LogP contribution in [-0.4, -0.2) is 54.6 Å². The summed E-state index contributed by atoms with van der Waals surface area (Å²) in [6, 6.07) is 8.24. The number of likely N-dealkylation sites (N-methyl/N-ethyl adjacent to an activating group) is 2. The highest BCUT2D eigenvalue weighted by molar-refractivity contribution is 5.91. The maximum Gasteiger partial charge on any atom is 0.0501 e. The summed E-state index contributed by atoms with van der Waals surface area (Å²) in [6.07, 6.45) is 2.14. The molecule has 20 heavy (non-hydrogen) atoms. The third-order valence-electron chi connectivity index (χ3n) is 3.82. The van der Waals surface area contributed by atoms with Gasteiger partial charge < -0.3 is 20.1 Å². The molecule has 0 aliphatic rings. The number of nitrogens with two attached hydrogens (primary N) is 1. The molecule has 1 heterocycles. The van der Waals surface area contributed by atoms with Gasteiger partial charge in [-0.15, -0.1) is 0 Å². The van der Waals surface area contributed by atoms with E-state index in [4.69, 9.17) is 5.73 Å². The summed E-state index contributed by atoms with van der Waals surface area (Å²) in [6.45, 7) is 7.62. The second-order valence-corrected chi connectivity index (χ2v) is 5.53. The Labute approximate surface area is 121 Å². The highest BCUT2D eigenvalue weighted by atomic mass is 15.2. The van der Waals surface area contributed by atoms with E-state index in [2.05, 4.69) is 53.7 Å². The molecule has 0 spiro atoms. The average molecular weight is 274 g/mol. The summed E-state index contributed by atoms with van der Waals surface area (Å²) < 4.78 is 2.30. The Hall–Kier alpha value is -1.52. The molecule has 0 saturated heterocycles. The lowest BCUT2D eigenvalue weighted by Gasteiger charge is -2.22. The monoisotopic (exact) mass is 274 g/mol. The molecule has 0 radical (unpaired) electrons. The molecular formula is C16H26N4. The quantitative estimate of drug-likeness (QED) is 0.786. The fraction of sp³-hybridized carbons (Fsp3) is 0.500. The number of fused-ring (bicyclic) bond motifs is 1. The van der Waals surface area contributed by atoms with Crippen molar-refractivity contribution in [3.8, 4) is 0 Å². The van der Waals surface area contributed by atoms with Crippen molar-refractivity contribution >= 4 is 16.6 Å². The normalized spacial score (nSPS) is 11.8. The third kappa shape index (κ3) is 3.52. The number of hydrogen-bond donors (Lipinski definition) is 1. The minimum absolute atomic E-state index is 0.862. The highest BCUT2D eigenvalue weighted by Gasteiger charge is 2.06. The molecule has 2 aromatic rings. The minimum Gasteiger partial charge on any atom is -0.398 e.